The minimum absolute atomic E-state index is 0.0166. The number of hydrogen-bond donors (Lipinski definition) is 2. The lowest BCUT2D eigenvalue weighted by molar-refractivity contribution is -0.143. The van der Waals surface area contributed by atoms with E-state index in [-0.39, 0.29) is 30.1 Å². The van der Waals surface area contributed by atoms with Crippen LogP contribution in [0.2, 0.25) is 18.6 Å². The van der Waals surface area contributed by atoms with Gasteiger partial charge in [-0.3, -0.25) is 9.48 Å². The number of para-hydroxylation sites is 1. The first-order valence-corrected chi connectivity index (χ1v) is 13.0. The normalized spacial score (nSPS) is 28.7. The van der Waals surface area contributed by atoms with Crippen LogP contribution < -0.4 is 5.32 Å². The van der Waals surface area contributed by atoms with E-state index in [2.05, 4.69) is 15.6 Å². The lowest BCUT2D eigenvalue weighted by atomic mass is 9.82. The third-order valence-electron chi connectivity index (χ3n) is 6.22. The van der Waals surface area contributed by atoms with Gasteiger partial charge in [0.2, 0.25) is 8.41 Å². The molecule has 2 aliphatic rings. The van der Waals surface area contributed by atoms with E-state index in [0.717, 1.165) is 11.3 Å². The zero-order valence-corrected chi connectivity index (χ0v) is 17.9. The van der Waals surface area contributed by atoms with E-state index < -0.39 is 14.0 Å². The number of nitrogens with one attached hydrogen (secondary N) is 1. The van der Waals surface area contributed by atoms with Gasteiger partial charge in [0.15, 0.2) is 5.60 Å². The fourth-order valence-corrected chi connectivity index (χ4v) is 7.57. The molecule has 1 fully saturated rings. The van der Waals surface area contributed by atoms with Crippen molar-refractivity contribution in [2.45, 2.75) is 56.7 Å². The molecule has 0 unspecified atom stereocenters. The van der Waals surface area contributed by atoms with Crippen LogP contribution in [-0.4, -0.2) is 47.1 Å². The van der Waals surface area contributed by atoms with E-state index in [1.165, 1.54) is 0 Å². The number of aliphatic hydroxyl groups is 1. The predicted octanol–water partition coefficient (Wildman–Crippen LogP) is 2.63. The Hall–Kier alpha value is -2.10. The first-order chi connectivity index (χ1) is 13.8. The van der Waals surface area contributed by atoms with Crippen LogP contribution in [0.15, 0.2) is 30.5 Å². The van der Waals surface area contributed by atoms with Crippen molar-refractivity contribution in [1.29, 1.82) is 0 Å². The molecule has 1 amide bonds. The SMILES string of the molecule is C[C@H]1[C@H]([Si](C)(C)F)[C@@H](CCn2cc(CCO)nn2)O[C@]12C(=O)Nc1ccccc12. The monoisotopic (exact) mass is 418 g/mol. The summed E-state index contributed by atoms with van der Waals surface area (Å²) in [6.45, 7) is 5.85. The number of hydrogen-bond acceptors (Lipinski definition) is 5. The van der Waals surface area contributed by atoms with Crippen molar-refractivity contribution in [3.8, 4) is 0 Å². The molecule has 2 aliphatic heterocycles. The summed E-state index contributed by atoms with van der Waals surface area (Å²) in [5.74, 6) is -0.480. The van der Waals surface area contributed by atoms with Crippen LogP contribution >= 0.6 is 0 Å². The number of rotatable bonds is 6. The van der Waals surface area contributed by atoms with Crippen molar-refractivity contribution in [2.75, 3.05) is 11.9 Å². The second-order valence-electron chi connectivity index (χ2n) is 8.51. The number of aliphatic hydroxyl groups excluding tert-OH is 1. The average molecular weight is 419 g/mol. The van der Waals surface area contributed by atoms with Crippen LogP contribution in [0.4, 0.5) is 9.80 Å². The molecule has 0 bridgehead atoms. The summed E-state index contributed by atoms with van der Waals surface area (Å²) in [4.78, 5) is 13.0. The van der Waals surface area contributed by atoms with Gasteiger partial charge in [0.05, 0.1) is 11.8 Å². The van der Waals surface area contributed by atoms with E-state index in [9.17, 15) is 4.79 Å². The fourth-order valence-electron chi connectivity index (χ4n) is 5.03. The number of carbonyl (C=O) groups is 1. The van der Waals surface area contributed by atoms with Gasteiger partial charge >= 0.3 is 0 Å². The minimum atomic E-state index is -3.12. The van der Waals surface area contributed by atoms with E-state index in [4.69, 9.17) is 9.84 Å². The molecule has 0 radical (unpaired) electrons. The predicted molar refractivity (Wildman–Crippen MR) is 109 cm³/mol. The van der Waals surface area contributed by atoms with Crippen molar-refractivity contribution in [3.63, 3.8) is 0 Å². The molecule has 4 rings (SSSR count). The molecular formula is C20H27FN4O3Si. The number of amides is 1. The van der Waals surface area contributed by atoms with Crippen LogP contribution in [0.3, 0.4) is 0 Å². The first kappa shape index (κ1) is 20.2. The Balaban J connectivity index is 1.62. The van der Waals surface area contributed by atoms with Gasteiger partial charge in [-0.05, 0) is 25.6 Å². The van der Waals surface area contributed by atoms with Gasteiger partial charge in [0, 0.05) is 48.5 Å². The molecule has 7 nitrogen and oxygen atoms in total. The highest BCUT2D eigenvalue weighted by molar-refractivity contribution is 6.72. The molecule has 2 aromatic rings. The van der Waals surface area contributed by atoms with Crippen LogP contribution in [0.25, 0.3) is 0 Å². The largest absolute Gasteiger partial charge is 0.396 e. The standard InChI is InChI=1S/C20H27FN4O3Si/c1-13-18(29(2,3)21)17(8-10-25-12-14(9-11-26)23-24-25)28-20(13)15-6-4-5-7-16(15)22-19(20)27/h4-7,12-13,17-18,26H,8-11H2,1-3H3,(H,22,27)/t13-,17+,18-,20+/m0/s1. The lowest BCUT2D eigenvalue weighted by Crippen LogP contribution is -2.41. The fraction of sp³-hybridized carbons (Fsp3) is 0.550. The minimum Gasteiger partial charge on any atom is -0.396 e. The van der Waals surface area contributed by atoms with Crippen LogP contribution in [0.1, 0.15) is 24.6 Å². The molecular weight excluding hydrogens is 391 g/mol. The van der Waals surface area contributed by atoms with Crippen LogP contribution in [0.5, 0.6) is 0 Å². The van der Waals surface area contributed by atoms with Crippen molar-refractivity contribution in [1.82, 2.24) is 15.0 Å². The number of halogens is 1. The van der Waals surface area contributed by atoms with E-state index in [1.807, 2.05) is 31.2 Å². The highest BCUT2D eigenvalue weighted by Crippen LogP contribution is 2.58. The number of carbonyl (C=O) groups excluding carboxylic acids is 1. The molecule has 0 aliphatic carbocycles. The second-order valence-corrected chi connectivity index (χ2v) is 12.3. The Bertz CT molecular complexity index is 915. The Morgan fingerprint density at radius 2 is 2.14 bits per heavy atom. The number of anilines is 1. The van der Waals surface area contributed by atoms with E-state index >= 15 is 4.11 Å². The summed E-state index contributed by atoms with van der Waals surface area (Å²) < 4.78 is 23.6. The highest BCUT2D eigenvalue weighted by Gasteiger charge is 2.64. The van der Waals surface area contributed by atoms with Crippen LogP contribution in [-0.2, 0) is 28.1 Å². The quantitative estimate of drug-likeness (QED) is 0.556. The maximum absolute atomic E-state index is 15.4. The summed E-state index contributed by atoms with van der Waals surface area (Å²) in [7, 11) is -3.12. The summed E-state index contributed by atoms with van der Waals surface area (Å²) in [5, 5.41) is 20.1. The molecule has 1 aromatic heterocycles. The molecule has 156 valence electrons. The third-order valence-corrected chi connectivity index (χ3v) is 8.68. The molecule has 1 saturated heterocycles. The number of aryl methyl sites for hydroxylation is 1. The average Bonchev–Trinajstić information content (AvgIpc) is 3.30. The van der Waals surface area contributed by atoms with Gasteiger partial charge in [0.25, 0.3) is 5.91 Å². The molecule has 1 aromatic carbocycles. The lowest BCUT2D eigenvalue weighted by Gasteiger charge is -2.30. The summed E-state index contributed by atoms with van der Waals surface area (Å²) >= 11 is 0. The molecule has 9 heteroatoms. The molecule has 29 heavy (non-hydrogen) atoms. The van der Waals surface area contributed by atoms with Gasteiger partial charge in [-0.2, -0.15) is 0 Å². The zero-order valence-electron chi connectivity index (χ0n) is 16.9. The maximum atomic E-state index is 15.4. The van der Waals surface area contributed by atoms with Gasteiger partial charge in [-0.25, -0.2) is 0 Å². The topological polar surface area (TPSA) is 89.3 Å². The molecule has 0 saturated carbocycles. The number of aromatic nitrogens is 3. The number of nitrogens with zero attached hydrogens (tertiary/aromatic N) is 3. The second kappa shape index (κ2) is 7.30. The van der Waals surface area contributed by atoms with Crippen molar-refractivity contribution in [2.24, 2.45) is 5.92 Å². The Morgan fingerprint density at radius 1 is 1.38 bits per heavy atom. The first-order valence-electron chi connectivity index (χ1n) is 10.0. The number of ether oxygens (including phenoxy) is 1. The van der Waals surface area contributed by atoms with Crippen LogP contribution in [0, 0.1) is 5.92 Å². The molecule has 2 N–H and O–H groups in total. The zero-order chi connectivity index (χ0) is 20.8. The van der Waals surface area contributed by atoms with Gasteiger partial charge in [-0.15, -0.1) is 5.10 Å². The summed E-state index contributed by atoms with van der Waals surface area (Å²) in [6.07, 6.45) is 2.38. The number of benzene rings is 1. The van der Waals surface area contributed by atoms with E-state index in [0.29, 0.717) is 25.1 Å². The van der Waals surface area contributed by atoms with E-state index in [1.54, 1.807) is 24.0 Å². The van der Waals surface area contributed by atoms with Crippen molar-refractivity contribution >= 4 is 20.0 Å². The number of fused-ring (bicyclic) bond motifs is 2. The molecule has 3 heterocycles. The summed E-state index contributed by atoms with van der Waals surface area (Å²) in [5.41, 5.74) is 0.791. The molecule has 4 atom stereocenters. The Labute approximate surface area is 170 Å². The van der Waals surface area contributed by atoms with Gasteiger partial charge in [-0.1, -0.05) is 30.3 Å². The third kappa shape index (κ3) is 3.30. The summed E-state index contributed by atoms with van der Waals surface area (Å²) in [6, 6.07) is 7.51. The molecule has 1 spiro atoms. The van der Waals surface area contributed by atoms with Crippen molar-refractivity contribution < 1.29 is 18.7 Å². The maximum Gasteiger partial charge on any atom is 0.261 e. The smallest absolute Gasteiger partial charge is 0.261 e. The highest BCUT2D eigenvalue weighted by atomic mass is 28.4. The Morgan fingerprint density at radius 3 is 2.86 bits per heavy atom. The Kier molecular flexibility index (Phi) is 5.08. The van der Waals surface area contributed by atoms with Crippen molar-refractivity contribution in [3.05, 3.63) is 41.7 Å². The van der Waals surface area contributed by atoms with Gasteiger partial charge < -0.3 is 19.3 Å². The van der Waals surface area contributed by atoms with Gasteiger partial charge in [0.1, 0.15) is 0 Å².